The van der Waals surface area contributed by atoms with Gasteiger partial charge >= 0.3 is 6.18 Å². The summed E-state index contributed by atoms with van der Waals surface area (Å²) in [5.41, 5.74) is 1.64. The Morgan fingerprint density at radius 1 is 0.828 bits per heavy atom. The Balaban J connectivity index is 1.32. The molecule has 0 bridgehead atoms. The van der Waals surface area contributed by atoms with Gasteiger partial charge in [-0.25, -0.2) is 0 Å². The highest BCUT2D eigenvalue weighted by Crippen LogP contribution is 2.49. The van der Waals surface area contributed by atoms with Gasteiger partial charge in [0.05, 0.1) is 5.56 Å². The first-order valence-corrected chi connectivity index (χ1v) is 12.1. The van der Waals surface area contributed by atoms with Crippen LogP contribution in [0.25, 0.3) is 0 Å². The number of fused-ring (bicyclic) bond motifs is 2. The number of benzene rings is 1. The van der Waals surface area contributed by atoms with E-state index in [4.69, 9.17) is 0 Å². The molecule has 0 aliphatic heterocycles. The van der Waals surface area contributed by atoms with Gasteiger partial charge in [-0.2, -0.15) is 13.2 Å². The standard InChI is InChI=1S/C26H37F3/c1-2-3-4-5-18-6-7-20-15-21(9-8-19(20)14-18)22-10-11-24-17-25(26(27,28)29)13-12-23(24)16-22/h12-13,17-22H,2-11,14-16H2,1H3. The molecule has 2 fully saturated rings. The van der Waals surface area contributed by atoms with Crippen LogP contribution in [0.15, 0.2) is 18.2 Å². The number of hydrogen-bond donors (Lipinski definition) is 0. The van der Waals surface area contributed by atoms with Crippen LogP contribution in [0.1, 0.15) is 94.2 Å². The van der Waals surface area contributed by atoms with Crippen molar-refractivity contribution in [3.05, 3.63) is 34.9 Å². The number of halogens is 3. The SMILES string of the molecule is CCCCCC1CCC2CC(C3CCc4cc(C(F)(F)F)ccc4C3)CCC2C1. The molecule has 5 atom stereocenters. The van der Waals surface area contributed by atoms with Crippen molar-refractivity contribution >= 4 is 0 Å². The van der Waals surface area contributed by atoms with Gasteiger partial charge in [0.1, 0.15) is 0 Å². The zero-order valence-corrected chi connectivity index (χ0v) is 17.9. The minimum absolute atomic E-state index is 0.481. The van der Waals surface area contributed by atoms with Gasteiger partial charge in [0.15, 0.2) is 0 Å². The molecular formula is C26H37F3. The van der Waals surface area contributed by atoms with E-state index in [1.165, 1.54) is 81.9 Å². The van der Waals surface area contributed by atoms with Gasteiger partial charge < -0.3 is 0 Å². The molecule has 4 rings (SSSR count). The lowest BCUT2D eigenvalue weighted by atomic mass is 9.61. The molecule has 0 nitrogen and oxygen atoms in total. The first-order chi connectivity index (χ1) is 13.9. The molecule has 29 heavy (non-hydrogen) atoms. The van der Waals surface area contributed by atoms with Gasteiger partial charge in [-0.05, 0) is 104 Å². The van der Waals surface area contributed by atoms with E-state index in [2.05, 4.69) is 6.92 Å². The number of hydrogen-bond acceptors (Lipinski definition) is 0. The summed E-state index contributed by atoms with van der Waals surface area (Å²) in [6.45, 7) is 2.29. The minimum Gasteiger partial charge on any atom is -0.166 e. The van der Waals surface area contributed by atoms with E-state index in [0.29, 0.717) is 5.92 Å². The first-order valence-electron chi connectivity index (χ1n) is 12.1. The van der Waals surface area contributed by atoms with Crippen molar-refractivity contribution < 1.29 is 13.2 Å². The molecule has 5 unspecified atom stereocenters. The Bertz CT molecular complexity index is 677. The van der Waals surface area contributed by atoms with Crippen LogP contribution in [-0.4, -0.2) is 0 Å². The summed E-state index contributed by atoms with van der Waals surface area (Å²) in [6.07, 6.45) is 12.7. The topological polar surface area (TPSA) is 0 Å². The molecule has 3 heteroatoms. The van der Waals surface area contributed by atoms with Gasteiger partial charge in [-0.3, -0.25) is 0 Å². The Kier molecular flexibility index (Phi) is 6.61. The third-order valence-electron chi connectivity index (χ3n) is 8.44. The lowest BCUT2D eigenvalue weighted by Crippen LogP contribution is -2.35. The summed E-state index contributed by atoms with van der Waals surface area (Å²) < 4.78 is 39.0. The van der Waals surface area contributed by atoms with E-state index >= 15 is 0 Å². The van der Waals surface area contributed by atoms with Gasteiger partial charge in [-0.15, -0.1) is 0 Å². The van der Waals surface area contributed by atoms with Crippen molar-refractivity contribution in [1.29, 1.82) is 0 Å². The van der Waals surface area contributed by atoms with Crippen LogP contribution in [0.2, 0.25) is 0 Å². The third-order valence-corrected chi connectivity index (χ3v) is 8.44. The smallest absolute Gasteiger partial charge is 0.166 e. The monoisotopic (exact) mass is 406 g/mol. The fourth-order valence-electron chi connectivity index (χ4n) is 6.76. The predicted octanol–water partition coefficient (Wildman–Crippen LogP) is 8.22. The van der Waals surface area contributed by atoms with E-state index in [0.717, 1.165) is 48.5 Å². The minimum atomic E-state index is -4.22. The summed E-state index contributed by atoms with van der Waals surface area (Å²) in [6, 6.07) is 4.46. The maximum Gasteiger partial charge on any atom is 0.416 e. The van der Waals surface area contributed by atoms with Crippen LogP contribution in [0.3, 0.4) is 0 Å². The van der Waals surface area contributed by atoms with Crippen molar-refractivity contribution in [3.63, 3.8) is 0 Å². The molecule has 162 valence electrons. The summed E-state index contributed by atoms with van der Waals surface area (Å²) in [5, 5.41) is 0. The Labute approximate surface area is 174 Å². The second-order valence-corrected chi connectivity index (χ2v) is 10.3. The van der Waals surface area contributed by atoms with Gasteiger partial charge in [0, 0.05) is 0 Å². The Hall–Kier alpha value is -0.990. The fraction of sp³-hybridized carbons (Fsp3) is 0.769. The highest BCUT2D eigenvalue weighted by Gasteiger charge is 2.39. The molecule has 0 N–H and O–H groups in total. The van der Waals surface area contributed by atoms with E-state index in [1.807, 2.05) is 0 Å². The Morgan fingerprint density at radius 3 is 2.31 bits per heavy atom. The molecule has 0 radical (unpaired) electrons. The zero-order chi connectivity index (χ0) is 20.4. The van der Waals surface area contributed by atoms with Crippen LogP contribution in [0.5, 0.6) is 0 Å². The van der Waals surface area contributed by atoms with E-state index in [1.54, 1.807) is 6.07 Å². The van der Waals surface area contributed by atoms with Crippen LogP contribution < -0.4 is 0 Å². The summed E-state index contributed by atoms with van der Waals surface area (Å²) in [5.74, 6) is 4.33. The lowest BCUT2D eigenvalue weighted by Gasteiger charge is -2.45. The zero-order valence-electron chi connectivity index (χ0n) is 17.9. The molecule has 0 spiro atoms. The quantitative estimate of drug-likeness (QED) is 0.432. The van der Waals surface area contributed by atoms with Gasteiger partial charge in [0.25, 0.3) is 0 Å². The predicted molar refractivity (Wildman–Crippen MR) is 113 cm³/mol. The molecule has 3 aliphatic rings. The first kappa shape index (κ1) is 21.2. The maximum absolute atomic E-state index is 13.0. The molecule has 0 heterocycles. The fourth-order valence-corrected chi connectivity index (χ4v) is 6.76. The van der Waals surface area contributed by atoms with Gasteiger partial charge in [0.2, 0.25) is 0 Å². The second kappa shape index (κ2) is 9.02. The number of aryl methyl sites for hydroxylation is 1. The summed E-state index contributed by atoms with van der Waals surface area (Å²) >= 11 is 0. The van der Waals surface area contributed by atoms with Gasteiger partial charge in [-0.1, -0.05) is 45.1 Å². The highest BCUT2D eigenvalue weighted by atomic mass is 19.4. The van der Waals surface area contributed by atoms with Crippen LogP contribution in [0, 0.1) is 29.6 Å². The van der Waals surface area contributed by atoms with Crippen LogP contribution in [0.4, 0.5) is 13.2 Å². The largest absolute Gasteiger partial charge is 0.416 e. The van der Waals surface area contributed by atoms with Crippen molar-refractivity contribution in [2.75, 3.05) is 0 Å². The molecule has 0 amide bonds. The number of unbranched alkanes of at least 4 members (excludes halogenated alkanes) is 2. The second-order valence-electron chi connectivity index (χ2n) is 10.3. The summed E-state index contributed by atoms with van der Waals surface area (Å²) in [7, 11) is 0. The van der Waals surface area contributed by atoms with E-state index < -0.39 is 11.7 Å². The molecular weight excluding hydrogens is 369 g/mol. The normalized spacial score (nSPS) is 32.5. The number of rotatable bonds is 5. The lowest BCUT2D eigenvalue weighted by molar-refractivity contribution is -0.137. The maximum atomic E-state index is 13.0. The highest BCUT2D eigenvalue weighted by molar-refractivity contribution is 5.35. The molecule has 2 saturated carbocycles. The van der Waals surface area contributed by atoms with E-state index in [9.17, 15) is 13.2 Å². The molecule has 0 saturated heterocycles. The average Bonchev–Trinajstić information content (AvgIpc) is 2.72. The summed E-state index contributed by atoms with van der Waals surface area (Å²) in [4.78, 5) is 0. The van der Waals surface area contributed by atoms with Crippen molar-refractivity contribution in [2.24, 2.45) is 29.6 Å². The molecule has 1 aromatic rings. The molecule has 3 aliphatic carbocycles. The van der Waals surface area contributed by atoms with Crippen molar-refractivity contribution in [3.8, 4) is 0 Å². The van der Waals surface area contributed by atoms with Crippen LogP contribution >= 0.6 is 0 Å². The molecule has 0 aromatic heterocycles. The van der Waals surface area contributed by atoms with Crippen molar-refractivity contribution in [2.45, 2.75) is 96.6 Å². The van der Waals surface area contributed by atoms with Crippen molar-refractivity contribution in [1.82, 2.24) is 0 Å². The number of alkyl halides is 3. The molecule has 1 aromatic carbocycles. The van der Waals surface area contributed by atoms with Crippen LogP contribution in [-0.2, 0) is 19.0 Å². The third kappa shape index (κ3) is 5.02. The van der Waals surface area contributed by atoms with E-state index in [-0.39, 0.29) is 0 Å². The Morgan fingerprint density at radius 2 is 1.55 bits per heavy atom. The average molecular weight is 407 g/mol.